The summed E-state index contributed by atoms with van der Waals surface area (Å²) in [6.45, 7) is 0.434. The Labute approximate surface area is 151 Å². The zero-order chi connectivity index (χ0) is 16.5. The van der Waals surface area contributed by atoms with E-state index in [-0.39, 0.29) is 11.8 Å². The second-order valence-corrected chi connectivity index (χ2v) is 8.68. The van der Waals surface area contributed by atoms with Crippen molar-refractivity contribution in [2.45, 2.75) is 4.21 Å². The average Bonchev–Trinajstić information content (AvgIpc) is 3.32. The van der Waals surface area contributed by atoms with Crippen molar-refractivity contribution in [2.24, 2.45) is 0 Å². The Kier molecular flexibility index (Phi) is 4.26. The topological polar surface area (TPSA) is 37.4 Å². The summed E-state index contributed by atoms with van der Waals surface area (Å²) in [5.74, 6) is 0.346. The molecule has 3 aromatic rings. The Morgan fingerprint density at radius 1 is 0.875 bits per heavy atom. The van der Waals surface area contributed by atoms with Gasteiger partial charge in [0.25, 0.3) is 11.8 Å². The summed E-state index contributed by atoms with van der Waals surface area (Å²) < 4.78 is 1.20. The second-order valence-electron chi connectivity index (χ2n) is 5.25. The summed E-state index contributed by atoms with van der Waals surface area (Å²) in [6, 6.07) is 15.4. The van der Waals surface area contributed by atoms with Crippen molar-refractivity contribution in [3.8, 4) is 9.75 Å². The summed E-state index contributed by atoms with van der Waals surface area (Å²) in [5.41, 5.74) is 1.03. The van der Waals surface area contributed by atoms with Gasteiger partial charge in [-0.15, -0.1) is 34.4 Å². The van der Waals surface area contributed by atoms with Gasteiger partial charge in [-0.1, -0.05) is 18.2 Å². The SMILES string of the molecule is O=C1c2ccccc2C(=O)N1CCSc1ccc(-c2cccs2)s1. The van der Waals surface area contributed by atoms with E-state index < -0.39 is 0 Å². The average molecular weight is 372 g/mol. The van der Waals surface area contributed by atoms with Crippen LogP contribution in [0.15, 0.2) is 58.1 Å². The van der Waals surface area contributed by atoms with Crippen molar-refractivity contribution in [1.82, 2.24) is 4.90 Å². The molecule has 120 valence electrons. The number of thiophene rings is 2. The summed E-state index contributed by atoms with van der Waals surface area (Å²) in [4.78, 5) is 28.5. The number of thioether (sulfide) groups is 1. The number of rotatable bonds is 5. The quantitative estimate of drug-likeness (QED) is 0.474. The lowest BCUT2D eigenvalue weighted by Crippen LogP contribution is -2.31. The minimum Gasteiger partial charge on any atom is -0.273 e. The van der Waals surface area contributed by atoms with Crippen molar-refractivity contribution in [2.75, 3.05) is 12.3 Å². The van der Waals surface area contributed by atoms with Gasteiger partial charge < -0.3 is 0 Å². The highest BCUT2D eigenvalue weighted by Gasteiger charge is 2.34. The molecule has 0 saturated heterocycles. The molecule has 0 atom stereocenters. The molecule has 2 aromatic heterocycles. The third-order valence-electron chi connectivity index (χ3n) is 3.78. The maximum atomic E-state index is 12.3. The molecule has 1 aromatic carbocycles. The highest BCUT2D eigenvalue weighted by molar-refractivity contribution is 8.01. The fourth-order valence-corrected chi connectivity index (χ4v) is 5.59. The largest absolute Gasteiger partial charge is 0.273 e. The molecule has 0 aliphatic carbocycles. The summed E-state index contributed by atoms with van der Waals surface area (Å²) in [7, 11) is 0. The number of amides is 2. The van der Waals surface area contributed by atoms with Gasteiger partial charge in [0.2, 0.25) is 0 Å². The second kappa shape index (κ2) is 6.55. The molecule has 3 nitrogen and oxygen atoms in total. The minimum absolute atomic E-state index is 0.179. The van der Waals surface area contributed by atoms with E-state index >= 15 is 0 Å². The molecule has 0 bridgehead atoms. The number of carbonyl (C=O) groups excluding carboxylic acids is 2. The van der Waals surface area contributed by atoms with Gasteiger partial charge in [0.15, 0.2) is 0 Å². The van der Waals surface area contributed by atoms with Gasteiger partial charge in [0.05, 0.1) is 15.3 Å². The van der Waals surface area contributed by atoms with Crippen LogP contribution in [0.25, 0.3) is 9.75 Å². The van der Waals surface area contributed by atoms with Crippen LogP contribution in [0.1, 0.15) is 20.7 Å². The van der Waals surface area contributed by atoms with Crippen LogP contribution in [0.3, 0.4) is 0 Å². The normalized spacial score (nSPS) is 13.6. The molecule has 0 saturated carbocycles. The fraction of sp³-hybridized carbons (Fsp3) is 0.111. The Hall–Kier alpha value is -1.89. The van der Waals surface area contributed by atoms with E-state index in [9.17, 15) is 9.59 Å². The van der Waals surface area contributed by atoms with Crippen molar-refractivity contribution >= 4 is 46.2 Å². The molecule has 2 amide bonds. The molecule has 0 spiro atoms. The first-order chi connectivity index (χ1) is 11.7. The standard InChI is InChI=1S/C18H13NO2S3/c20-17-12-4-1-2-5-13(12)18(21)19(17)9-11-23-16-8-7-15(24-16)14-6-3-10-22-14/h1-8,10H,9,11H2. The first-order valence-electron chi connectivity index (χ1n) is 7.46. The number of imide groups is 1. The van der Waals surface area contributed by atoms with E-state index in [2.05, 4.69) is 29.6 Å². The first kappa shape index (κ1) is 15.6. The van der Waals surface area contributed by atoms with Gasteiger partial charge in [0.1, 0.15) is 0 Å². The van der Waals surface area contributed by atoms with E-state index in [1.54, 1.807) is 58.7 Å². The van der Waals surface area contributed by atoms with Crippen molar-refractivity contribution in [3.05, 3.63) is 65.0 Å². The predicted octanol–water partition coefficient (Wildman–Crippen LogP) is 4.86. The Morgan fingerprint density at radius 2 is 1.62 bits per heavy atom. The maximum absolute atomic E-state index is 12.3. The van der Waals surface area contributed by atoms with Crippen LogP contribution in [0.5, 0.6) is 0 Å². The van der Waals surface area contributed by atoms with Gasteiger partial charge in [0, 0.05) is 22.1 Å². The van der Waals surface area contributed by atoms with Crippen LogP contribution in [0.2, 0.25) is 0 Å². The zero-order valence-corrected chi connectivity index (χ0v) is 15.0. The van der Waals surface area contributed by atoms with Crippen LogP contribution in [-0.2, 0) is 0 Å². The number of hydrogen-bond donors (Lipinski definition) is 0. The van der Waals surface area contributed by atoms with E-state index in [0.29, 0.717) is 23.4 Å². The van der Waals surface area contributed by atoms with Crippen LogP contribution in [0.4, 0.5) is 0 Å². The summed E-state index contributed by atoms with van der Waals surface area (Å²) >= 11 is 5.16. The fourth-order valence-electron chi connectivity index (χ4n) is 2.63. The number of fused-ring (bicyclic) bond motifs is 1. The molecular weight excluding hydrogens is 358 g/mol. The molecular formula is C18H13NO2S3. The van der Waals surface area contributed by atoms with Crippen LogP contribution in [-0.4, -0.2) is 29.0 Å². The Balaban J connectivity index is 1.39. The molecule has 0 radical (unpaired) electrons. The van der Waals surface area contributed by atoms with Crippen LogP contribution < -0.4 is 0 Å². The third-order valence-corrected chi connectivity index (χ3v) is 7.14. The Bertz CT molecular complexity index is 864. The molecule has 1 aliphatic heterocycles. The van der Waals surface area contributed by atoms with Crippen LogP contribution >= 0.6 is 34.4 Å². The van der Waals surface area contributed by atoms with E-state index in [0.717, 1.165) is 0 Å². The molecule has 0 unspecified atom stereocenters. The third kappa shape index (κ3) is 2.81. The number of benzene rings is 1. The van der Waals surface area contributed by atoms with Gasteiger partial charge >= 0.3 is 0 Å². The lowest BCUT2D eigenvalue weighted by Gasteiger charge is -2.12. The van der Waals surface area contributed by atoms with Gasteiger partial charge in [-0.25, -0.2) is 0 Å². The maximum Gasteiger partial charge on any atom is 0.261 e. The van der Waals surface area contributed by atoms with E-state index in [4.69, 9.17) is 0 Å². The summed E-state index contributed by atoms with van der Waals surface area (Å²) in [5, 5.41) is 2.07. The van der Waals surface area contributed by atoms with Gasteiger partial charge in [-0.3, -0.25) is 14.5 Å². The first-order valence-corrected chi connectivity index (χ1v) is 10.1. The molecule has 1 aliphatic rings. The van der Waals surface area contributed by atoms with Gasteiger partial charge in [-0.2, -0.15) is 0 Å². The van der Waals surface area contributed by atoms with E-state index in [1.165, 1.54) is 18.9 Å². The smallest absolute Gasteiger partial charge is 0.261 e. The minimum atomic E-state index is -0.179. The monoisotopic (exact) mass is 371 g/mol. The highest BCUT2D eigenvalue weighted by atomic mass is 32.2. The molecule has 0 N–H and O–H groups in total. The van der Waals surface area contributed by atoms with Crippen molar-refractivity contribution < 1.29 is 9.59 Å². The van der Waals surface area contributed by atoms with Gasteiger partial charge in [-0.05, 0) is 35.7 Å². The molecule has 3 heterocycles. The van der Waals surface area contributed by atoms with E-state index in [1.807, 2.05) is 0 Å². The van der Waals surface area contributed by atoms with Crippen molar-refractivity contribution in [1.29, 1.82) is 0 Å². The number of carbonyl (C=O) groups is 2. The zero-order valence-electron chi connectivity index (χ0n) is 12.6. The summed E-state index contributed by atoms with van der Waals surface area (Å²) in [6.07, 6.45) is 0. The Morgan fingerprint density at radius 3 is 2.29 bits per heavy atom. The number of nitrogens with zero attached hydrogens (tertiary/aromatic N) is 1. The lowest BCUT2D eigenvalue weighted by molar-refractivity contribution is 0.0664. The number of hydrogen-bond acceptors (Lipinski definition) is 5. The van der Waals surface area contributed by atoms with Crippen molar-refractivity contribution in [3.63, 3.8) is 0 Å². The van der Waals surface area contributed by atoms with Crippen LogP contribution in [0, 0.1) is 0 Å². The lowest BCUT2D eigenvalue weighted by atomic mass is 10.1. The molecule has 24 heavy (non-hydrogen) atoms. The highest BCUT2D eigenvalue weighted by Crippen LogP contribution is 2.36. The molecule has 6 heteroatoms. The molecule has 4 rings (SSSR count). The predicted molar refractivity (Wildman–Crippen MR) is 100 cm³/mol. The molecule has 0 fully saturated rings.